The first-order chi connectivity index (χ1) is 16.2. The lowest BCUT2D eigenvalue weighted by Crippen LogP contribution is -2.45. The molecule has 7 nitrogen and oxygen atoms in total. The third kappa shape index (κ3) is 4.73. The van der Waals surface area contributed by atoms with E-state index in [9.17, 15) is 9.59 Å². The van der Waals surface area contributed by atoms with Gasteiger partial charge in [-0.2, -0.15) is 0 Å². The van der Waals surface area contributed by atoms with Gasteiger partial charge in [0, 0.05) is 67.5 Å². The summed E-state index contributed by atoms with van der Waals surface area (Å²) in [6.07, 6.45) is 9.29. The maximum absolute atomic E-state index is 13.6. The SMILES string of the molecule is O=C(NC1CCN(Cc2ccccc2)CC1)c1c(-c2cncnc2)cc(=O)n2c1CCCC2. The predicted molar refractivity (Wildman–Crippen MR) is 127 cm³/mol. The molecule has 1 fully saturated rings. The number of rotatable bonds is 5. The van der Waals surface area contributed by atoms with Gasteiger partial charge in [0.2, 0.25) is 0 Å². The number of hydrogen-bond donors (Lipinski definition) is 1. The summed E-state index contributed by atoms with van der Waals surface area (Å²) in [5.74, 6) is -0.0963. The maximum Gasteiger partial charge on any atom is 0.253 e. The summed E-state index contributed by atoms with van der Waals surface area (Å²) in [6.45, 7) is 3.50. The summed E-state index contributed by atoms with van der Waals surface area (Å²) >= 11 is 0. The molecule has 2 aliphatic rings. The predicted octanol–water partition coefficient (Wildman–Crippen LogP) is 3.04. The Hall–Kier alpha value is -3.32. The van der Waals surface area contributed by atoms with Crippen molar-refractivity contribution < 1.29 is 4.79 Å². The number of aromatic nitrogens is 3. The van der Waals surface area contributed by atoms with E-state index in [1.54, 1.807) is 23.0 Å². The minimum atomic E-state index is -0.0963. The second kappa shape index (κ2) is 9.67. The van der Waals surface area contributed by atoms with Gasteiger partial charge in [-0.1, -0.05) is 30.3 Å². The number of benzene rings is 1. The Morgan fingerprint density at radius 3 is 2.55 bits per heavy atom. The van der Waals surface area contributed by atoms with Crippen molar-refractivity contribution in [3.63, 3.8) is 0 Å². The minimum absolute atomic E-state index is 0.0608. The Balaban J connectivity index is 1.35. The van der Waals surface area contributed by atoms with Crippen LogP contribution in [-0.4, -0.2) is 44.5 Å². The third-order valence-corrected chi connectivity index (χ3v) is 6.73. The standard InChI is InChI=1S/C26H29N5O2/c32-24-14-22(20-15-27-18-28-16-20)25(23-8-4-5-11-31(23)24)26(33)29-21-9-12-30(13-10-21)17-19-6-2-1-3-7-19/h1-3,6-7,14-16,18,21H,4-5,8-13,17H2,(H,29,33). The fraction of sp³-hybridized carbons (Fsp3) is 0.385. The molecule has 1 saturated heterocycles. The monoisotopic (exact) mass is 443 g/mol. The Kier molecular flexibility index (Phi) is 6.30. The van der Waals surface area contributed by atoms with Gasteiger partial charge in [0.1, 0.15) is 6.33 Å². The molecule has 4 heterocycles. The van der Waals surface area contributed by atoms with Crippen LogP contribution in [-0.2, 0) is 19.5 Å². The van der Waals surface area contributed by atoms with E-state index < -0.39 is 0 Å². The topological polar surface area (TPSA) is 80.1 Å². The van der Waals surface area contributed by atoms with Gasteiger partial charge in [-0.3, -0.25) is 14.5 Å². The number of likely N-dealkylation sites (tertiary alicyclic amines) is 1. The molecule has 0 spiro atoms. The van der Waals surface area contributed by atoms with Gasteiger partial charge in [-0.15, -0.1) is 0 Å². The normalized spacial score (nSPS) is 16.8. The van der Waals surface area contributed by atoms with Crippen LogP contribution in [0.1, 0.15) is 47.3 Å². The molecule has 33 heavy (non-hydrogen) atoms. The van der Waals surface area contributed by atoms with Crippen molar-refractivity contribution >= 4 is 5.91 Å². The Labute approximate surface area is 193 Å². The lowest BCUT2D eigenvalue weighted by molar-refractivity contribution is 0.0907. The first kappa shape index (κ1) is 21.5. The van der Waals surface area contributed by atoms with Crippen molar-refractivity contribution in [2.75, 3.05) is 13.1 Å². The smallest absolute Gasteiger partial charge is 0.253 e. The van der Waals surface area contributed by atoms with Gasteiger partial charge in [-0.25, -0.2) is 9.97 Å². The van der Waals surface area contributed by atoms with E-state index in [4.69, 9.17) is 0 Å². The largest absolute Gasteiger partial charge is 0.349 e. The molecule has 0 unspecified atom stereocenters. The van der Waals surface area contributed by atoms with E-state index in [1.165, 1.54) is 11.9 Å². The number of amides is 1. The zero-order valence-corrected chi connectivity index (χ0v) is 18.7. The van der Waals surface area contributed by atoms with Gasteiger partial charge in [-0.05, 0) is 37.7 Å². The van der Waals surface area contributed by atoms with Crippen LogP contribution in [0.3, 0.4) is 0 Å². The van der Waals surface area contributed by atoms with Crippen LogP contribution < -0.4 is 10.9 Å². The second-order valence-corrected chi connectivity index (χ2v) is 8.96. The van der Waals surface area contributed by atoms with Crippen molar-refractivity contribution in [1.82, 2.24) is 24.8 Å². The highest BCUT2D eigenvalue weighted by atomic mass is 16.2. The number of carbonyl (C=O) groups excluding carboxylic acids is 1. The molecule has 0 atom stereocenters. The van der Waals surface area contributed by atoms with Crippen molar-refractivity contribution in [2.24, 2.45) is 0 Å². The van der Waals surface area contributed by atoms with E-state index >= 15 is 0 Å². The molecule has 0 aliphatic carbocycles. The molecule has 0 bridgehead atoms. The zero-order chi connectivity index (χ0) is 22.6. The number of piperidine rings is 1. The molecule has 2 aromatic heterocycles. The lowest BCUT2D eigenvalue weighted by Gasteiger charge is -2.33. The first-order valence-corrected chi connectivity index (χ1v) is 11.8. The molecule has 1 amide bonds. The number of hydrogen-bond acceptors (Lipinski definition) is 5. The summed E-state index contributed by atoms with van der Waals surface area (Å²) in [5.41, 5.74) is 4.03. The molecule has 2 aliphatic heterocycles. The second-order valence-electron chi connectivity index (χ2n) is 8.96. The van der Waals surface area contributed by atoms with Crippen molar-refractivity contribution in [1.29, 1.82) is 0 Å². The number of nitrogens with one attached hydrogen (secondary N) is 1. The van der Waals surface area contributed by atoms with Crippen molar-refractivity contribution in [3.05, 3.63) is 82.3 Å². The van der Waals surface area contributed by atoms with Gasteiger partial charge >= 0.3 is 0 Å². The van der Waals surface area contributed by atoms with Crippen LogP contribution in [0.4, 0.5) is 0 Å². The molecule has 0 saturated carbocycles. The highest BCUT2D eigenvalue weighted by Gasteiger charge is 2.27. The molecule has 0 radical (unpaired) electrons. The molecular formula is C26H29N5O2. The summed E-state index contributed by atoms with van der Waals surface area (Å²) in [4.78, 5) is 37.0. The highest BCUT2D eigenvalue weighted by Crippen LogP contribution is 2.27. The summed E-state index contributed by atoms with van der Waals surface area (Å²) in [5, 5.41) is 3.28. The molecule has 1 aromatic carbocycles. The fourth-order valence-electron chi connectivity index (χ4n) is 5.02. The number of carbonyl (C=O) groups is 1. The van der Waals surface area contributed by atoms with E-state index in [-0.39, 0.29) is 17.5 Å². The number of fused-ring (bicyclic) bond motifs is 1. The third-order valence-electron chi connectivity index (χ3n) is 6.73. The molecular weight excluding hydrogens is 414 g/mol. The Morgan fingerprint density at radius 2 is 1.79 bits per heavy atom. The van der Waals surface area contributed by atoms with Crippen LogP contribution >= 0.6 is 0 Å². The van der Waals surface area contributed by atoms with Gasteiger partial charge in [0.15, 0.2) is 0 Å². The van der Waals surface area contributed by atoms with Gasteiger partial charge in [0.05, 0.1) is 5.56 Å². The number of nitrogens with zero attached hydrogens (tertiary/aromatic N) is 4. The number of pyridine rings is 1. The summed E-state index contributed by atoms with van der Waals surface area (Å²) in [7, 11) is 0. The van der Waals surface area contributed by atoms with Crippen LogP contribution in [0.15, 0.2) is 59.9 Å². The van der Waals surface area contributed by atoms with Crippen molar-refractivity contribution in [2.45, 2.75) is 51.2 Å². The fourth-order valence-corrected chi connectivity index (χ4v) is 5.02. The summed E-state index contributed by atoms with van der Waals surface area (Å²) < 4.78 is 1.77. The Bertz CT molecular complexity index is 1170. The minimum Gasteiger partial charge on any atom is -0.349 e. The summed E-state index contributed by atoms with van der Waals surface area (Å²) in [6, 6.07) is 12.2. The van der Waals surface area contributed by atoms with Crippen LogP contribution in [0.5, 0.6) is 0 Å². The molecule has 1 N–H and O–H groups in total. The highest BCUT2D eigenvalue weighted by molar-refractivity contribution is 6.02. The van der Waals surface area contributed by atoms with E-state index in [0.29, 0.717) is 23.2 Å². The van der Waals surface area contributed by atoms with Crippen molar-refractivity contribution in [3.8, 4) is 11.1 Å². The lowest BCUT2D eigenvalue weighted by atomic mass is 9.94. The molecule has 3 aromatic rings. The molecule has 5 rings (SSSR count). The van der Waals surface area contributed by atoms with Crippen LogP contribution in [0.2, 0.25) is 0 Å². The molecule has 7 heteroatoms. The average molecular weight is 444 g/mol. The van der Waals surface area contributed by atoms with Gasteiger partial charge < -0.3 is 9.88 Å². The van der Waals surface area contributed by atoms with E-state index in [0.717, 1.165) is 57.4 Å². The molecule has 170 valence electrons. The quantitative estimate of drug-likeness (QED) is 0.656. The van der Waals surface area contributed by atoms with Gasteiger partial charge in [0.25, 0.3) is 11.5 Å². The zero-order valence-electron chi connectivity index (χ0n) is 18.7. The average Bonchev–Trinajstić information content (AvgIpc) is 2.86. The Morgan fingerprint density at radius 1 is 1.03 bits per heavy atom. The van der Waals surface area contributed by atoms with E-state index in [2.05, 4.69) is 44.5 Å². The maximum atomic E-state index is 13.6. The van der Waals surface area contributed by atoms with Crippen LogP contribution in [0, 0.1) is 0 Å². The first-order valence-electron chi connectivity index (χ1n) is 11.8. The van der Waals surface area contributed by atoms with E-state index in [1.807, 2.05) is 6.07 Å². The van der Waals surface area contributed by atoms with Crippen LogP contribution in [0.25, 0.3) is 11.1 Å².